The molecule has 1 saturated carbocycles. The van der Waals surface area contributed by atoms with Crippen molar-refractivity contribution in [1.29, 1.82) is 0 Å². The fraction of sp³-hybridized carbons (Fsp3) is 0.833. The third kappa shape index (κ3) is 5.15. The van der Waals surface area contributed by atoms with Crippen LogP contribution in [0.5, 0.6) is 0 Å². The summed E-state index contributed by atoms with van der Waals surface area (Å²) in [5.74, 6) is 0. The maximum absolute atomic E-state index is 2.39. The van der Waals surface area contributed by atoms with Gasteiger partial charge in [-0.25, -0.2) is 0 Å². The van der Waals surface area contributed by atoms with Crippen LogP contribution >= 0.6 is 0 Å². The molecule has 2 heteroatoms. The van der Waals surface area contributed by atoms with Crippen LogP contribution in [0.3, 0.4) is 0 Å². The van der Waals surface area contributed by atoms with Gasteiger partial charge in [0, 0.05) is 0 Å². The van der Waals surface area contributed by atoms with E-state index in [0.29, 0.717) is 0 Å². The molecule has 46 valence electrons. The fourth-order valence-electron chi connectivity index (χ4n) is 0.898. The van der Waals surface area contributed by atoms with Crippen LogP contribution < -0.4 is 12.4 Å². The summed E-state index contributed by atoms with van der Waals surface area (Å²) in [5.41, 5.74) is 0. The second-order valence-electron chi connectivity index (χ2n) is 1.93. The average Bonchev–Trinajstić information content (AvgIpc) is 1.72. The second-order valence-corrected chi connectivity index (χ2v) is 1.93. The molecule has 0 aromatic heterocycles. The van der Waals surface area contributed by atoms with E-state index in [1.54, 1.807) is 0 Å². The zero-order valence-electron chi connectivity index (χ0n) is 4.99. The minimum absolute atomic E-state index is 0. The van der Waals surface area contributed by atoms with Gasteiger partial charge in [0.15, 0.2) is 0 Å². The van der Waals surface area contributed by atoms with Crippen LogP contribution in [0.4, 0.5) is 0 Å². The Bertz CT molecular complexity index is 24.0. The van der Waals surface area contributed by atoms with Crippen LogP contribution in [0.1, 0.15) is 32.1 Å². The van der Waals surface area contributed by atoms with E-state index in [9.17, 15) is 0 Å². The van der Waals surface area contributed by atoms with E-state index in [0.717, 1.165) is 0 Å². The summed E-state index contributed by atoms with van der Waals surface area (Å²) in [5, 5.41) is 0. The van der Waals surface area contributed by atoms with E-state index in [1.807, 2.05) is 0 Å². The predicted molar refractivity (Wildman–Crippen MR) is 27.4 cm³/mol. The fourth-order valence-corrected chi connectivity index (χ4v) is 0.898. The maximum atomic E-state index is 2.39. The number of hydrogen-bond acceptors (Lipinski definition) is 0. The van der Waals surface area contributed by atoms with E-state index in [4.69, 9.17) is 0 Å². The number of hydrogen-bond donors (Lipinski definition) is 0. The Labute approximate surface area is 72.7 Å². The zero-order valence-corrected chi connectivity index (χ0v) is 7.31. The van der Waals surface area contributed by atoms with Crippen LogP contribution in [-0.2, 0) is 21.7 Å². The first-order chi connectivity index (χ1) is 3.00. The largest absolute Gasteiger partial charge is 2.00 e. The first kappa shape index (κ1) is 11.8. The van der Waals surface area contributed by atoms with Gasteiger partial charge in [-0.1, -0.05) is 19.3 Å². The van der Waals surface area contributed by atoms with Gasteiger partial charge in [-0.3, -0.25) is 0 Å². The van der Waals surface area contributed by atoms with Crippen molar-refractivity contribution in [3.63, 3.8) is 0 Å². The SMILES string of the molecule is [CH-]1CCCCC1.[Cl-].[Ti+2]. The summed E-state index contributed by atoms with van der Waals surface area (Å²) >= 11 is 0. The molecule has 8 heavy (non-hydrogen) atoms. The van der Waals surface area contributed by atoms with Crippen LogP contribution in [0, 0.1) is 6.42 Å². The smallest absolute Gasteiger partial charge is 1.00 e. The molecule has 0 heterocycles. The molecule has 1 aliphatic rings. The van der Waals surface area contributed by atoms with Gasteiger partial charge in [-0.2, -0.15) is 12.8 Å². The van der Waals surface area contributed by atoms with Crippen molar-refractivity contribution in [2.75, 3.05) is 0 Å². The Morgan fingerprint density at radius 3 is 1.50 bits per heavy atom. The van der Waals surface area contributed by atoms with Crippen molar-refractivity contribution in [2.45, 2.75) is 32.1 Å². The molecule has 0 radical (unpaired) electrons. The summed E-state index contributed by atoms with van der Waals surface area (Å²) in [6, 6.07) is 0. The molecule has 0 nitrogen and oxygen atoms in total. The van der Waals surface area contributed by atoms with Crippen LogP contribution in [-0.4, -0.2) is 0 Å². The molecular formula is C6H11ClTi. The zero-order chi connectivity index (χ0) is 4.24. The first-order valence-corrected chi connectivity index (χ1v) is 2.82. The van der Waals surface area contributed by atoms with Gasteiger partial charge >= 0.3 is 21.7 Å². The first-order valence-electron chi connectivity index (χ1n) is 2.82. The molecule has 0 unspecified atom stereocenters. The van der Waals surface area contributed by atoms with E-state index in [2.05, 4.69) is 6.42 Å². The molecular weight excluding hydrogens is 155 g/mol. The third-order valence-corrected chi connectivity index (χ3v) is 1.32. The van der Waals surface area contributed by atoms with Gasteiger partial charge in [0.05, 0.1) is 0 Å². The maximum Gasteiger partial charge on any atom is 2.00 e. The van der Waals surface area contributed by atoms with Crippen molar-refractivity contribution in [3.8, 4) is 0 Å². The topological polar surface area (TPSA) is 0 Å². The van der Waals surface area contributed by atoms with Crippen molar-refractivity contribution in [1.82, 2.24) is 0 Å². The average molecular weight is 166 g/mol. The summed E-state index contributed by atoms with van der Waals surface area (Å²) in [4.78, 5) is 0. The summed E-state index contributed by atoms with van der Waals surface area (Å²) in [6.45, 7) is 0. The van der Waals surface area contributed by atoms with Gasteiger partial charge in [-0.15, -0.1) is 0 Å². The number of rotatable bonds is 0. The molecule has 1 fully saturated rings. The van der Waals surface area contributed by atoms with E-state index in [-0.39, 0.29) is 34.1 Å². The molecule has 1 rings (SSSR count). The monoisotopic (exact) mass is 166 g/mol. The Balaban J connectivity index is 0. The molecule has 0 N–H and O–H groups in total. The van der Waals surface area contributed by atoms with Gasteiger partial charge < -0.3 is 18.8 Å². The molecule has 0 aromatic carbocycles. The molecule has 0 saturated heterocycles. The summed E-state index contributed by atoms with van der Waals surface area (Å²) in [6.07, 6.45) is 9.50. The van der Waals surface area contributed by atoms with Gasteiger partial charge in [0.1, 0.15) is 0 Å². The van der Waals surface area contributed by atoms with Crippen LogP contribution in [0.15, 0.2) is 0 Å². The van der Waals surface area contributed by atoms with E-state index < -0.39 is 0 Å². The Hall–Kier alpha value is 1.00. The van der Waals surface area contributed by atoms with Crippen LogP contribution in [0.2, 0.25) is 0 Å². The van der Waals surface area contributed by atoms with Crippen molar-refractivity contribution >= 4 is 0 Å². The minimum Gasteiger partial charge on any atom is -1.00 e. The Kier molecular flexibility index (Phi) is 11.8. The van der Waals surface area contributed by atoms with Crippen LogP contribution in [0.25, 0.3) is 0 Å². The van der Waals surface area contributed by atoms with Crippen molar-refractivity contribution in [3.05, 3.63) is 6.42 Å². The standard InChI is InChI=1S/C6H11.ClH.Ti/c1-2-4-6-5-3-1;;/h1H,2-6H2;1H;/q-1;;+2/p-1. The normalized spacial score (nSPS) is 18.0. The molecule has 0 amide bonds. The van der Waals surface area contributed by atoms with Gasteiger partial charge in [0.25, 0.3) is 0 Å². The molecule has 1 aliphatic carbocycles. The molecule has 0 aliphatic heterocycles. The second kappa shape index (κ2) is 8.00. The Morgan fingerprint density at radius 1 is 0.875 bits per heavy atom. The molecule has 0 bridgehead atoms. The van der Waals surface area contributed by atoms with E-state index >= 15 is 0 Å². The van der Waals surface area contributed by atoms with Crippen molar-refractivity contribution in [2.24, 2.45) is 0 Å². The molecule has 0 atom stereocenters. The third-order valence-electron chi connectivity index (χ3n) is 1.32. The minimum atomic E-state index is 0. The quantitative estimate of drug-likeness (QED) is 0.325. The number of halogens is 1. The summed E-state index contributed by atoms with van der Waals surface area (Å²) < 4.78 is 0. The molecule has 0 spiro atoms. The van der Waals surface area contributed by atoms with Gasteiger partial charge in [-0.05, 0) is 0 Å². The van der Waals surface area contributed by atoms with Gasteiger partial charge in [0.2, 0.25) is 0 Å². The van der Waals surface area contributed by atoms with E-state index in [1.165, 1.54) is 32.1 Å². The summed E-state index contributed by atoms with van der Waals surface area (Å²) in [7, 11) is 0. The van der Waals surface area contributed by atoms with Crippen molar-refractivity contribution < 1.29 is 34.1 Å². The predicted octanol–water partition coefficient (Wildman–Crippen LogP) is -0.844. The Morgan fingerprint density at radius 2 is 1.38 bits per heavy atom. The molecule has 0 aromatic rings.